The van der Waals surface area contributed by atoms with Crippen LogP contribution >= 0.6 is 24.8 Å². The van der Waals surface area contributed by atoms with Crippen molar-refractivity contribution in [3.8, 4) is 5.75 Å². The molecule has 26 heavy (non-hydrogen) atoms. The summed E-state index contributed by atoms with van der Waals surface area (Å²) in [4.78, 5) is 11.6. The second-order valence-corrected chi connectivity index (χ2v) is 7.72. The molecule has 0 bridgehead atoms. The summed E-state index contributed by atoms with van der Waals surface area (Å²) >= 11 is 9.92. The van der Waals surface area contributed by atoms with E-state index in [4.69, 9.17) is 17.3 Å². The molecule has 146 valence electrons. The largest absolute Gasteiger partial charge is 0.507 e. The molecule has 0 radical (unpaired) electrons. The van der Waals surface area contributed by atoms with Gasteiger partial charge in [0.15, 0.2) is 0 Å². The van der Waals surface area contributed by atoms with Gasteiger partial charge in [0.05, 0.1) is 10.2 Å². The Balaban J connectivity index is 2.25. The normalized spacial score (nSPS) is 11.9. The molecule has 0 aliphatic carbocycles. The fraction of sp³-hybridized carbons (Fsp3) is 0.600. The van der Waals surface area contributed by atoms with E-state index >= 15 is 0 Å². The Labute approximate surface area is 167 Å². The number of hydrogen-bond donors (Lipinski definition) is 4. The van der Waals surface area contributed by atoms with Crippen molar-refractivity contribution in [1.82, 2.24) is 0 Å². The number of aromatic carboxylic acids is 1. The summed E-state index contributed by atoms with van der Waals surface area (Å²) in [6.07, 6.45) is 12.4. The second-order valence-electron chi connectivity index (χ2n) is 6.66. The molecule has 1 aromatic rings. The molecule has 6 heteroatoms. The summed E-state index contributed by atoms with van der Waals surface area (Å²) < 4.78 is 0. The fourth-order valence-corrected chi connectivity index (χ4v) is 3.27. The van der Waals surface area contributed by atoms with Gasteiger partial charge in [0.1, 0.15) is 11.3 Å². The van der Waals surface area contributed by atoms with Gasteiger partial charge in [0.2, 0.25) is 0 Å². The first-order valence-corrected chi connectivity index (χ1v) is 10.4. The number of nitrogens with one attached hydrogen (secondary N) is 1. The Morgan fingerprint density at radius 2 is 1.69 bits per heavy atom. The average Bonchev–Trinajstić information content (AvgIpc) is 2.61. The van der Waals surface area contributed by atoms with Crippen LogP contribution in [0.1, 0.15) is 81.5 Å². The van der Waals surface area contributed by atoms with Crippen molar-refractivity contribution in [3.05, 3.63) is 23.8 Å². The lowest BCUT2D eigenvalue weighted by molar-refractivity contribution is 0.0694. The van der Waals surface area contributed by atoms with Crippen molar-refractivity contribution < 1.29 is 15.0 Å². The van der Waals surface area contributed by atoms with Crippen LogP contribution in [0.4, 0.5) is 5.69 Å². The molecular weight excluding hydrogens is 366 g/mol. The topological polar surface area (TPSA) is 69.6 Å². The zero-order valence-electron chi connectivity index (χ0n) is 15.5. The quantitative estimate of drug-likeness (QED) is 0.141. The molecule has 3 N–H and O–H groups in total. The number of anilines is 1. The first kappa shape index (κ1) is 22.8. The number of rotatable bonds is 13. The highest BCUT2D eigenvalue weighted by Crippen LogP contribution is 2.22. The van der Waals surface area contributed by atoms with Gasteiger partial charge >= 0.3 is 5.97 Å². The molecule has 1 unspecified atom stereocenters. The zero-order valence-corrected chi connectivity index (χ0v) is 17.2. The number of carboxylic acids is 1. The van der Waals surface area contributed by atoms with E-state index in [9.17, 15) is 9.90 Å². The third-order valence-electron chi connectivity index (χ3n) is 4.38. The number of thiol groups is 1. The number of unbranched alkanes of at least 4 members (excludes halogenated alkanes) is 8. The molecule has 0 aliphatic heterocycles. The summed E-state index contributed by atoms with van der Waals surface area (Å²) in [6, 6.07) is 4.33. The molecular formula is C20H31NO3S2. The fourth-order valence-electron chi connectivity index (χ4n) is 2.79. The van der Waals surface area contributed by atoms with E-state index in [0.717, 1.165) is 12.8 Å². The van der Waals surface area contributed by atoms with Crippen LogP contribution in [0.3, 0.4) is 0 Å². The average molecular weight is 398 g/mol. The summed E-state index contributed by atoms with van der Waals surface area (Å²) in [5.74, 6) is -1.43. The van der Waals surface area contributed by atoms with Crippen LogP contribution in [0.15, 0.2) is 18.2 Å². The molecule has 0 spiro atoms. The summed E-state index contributed by atoms with van der Waals surface area (Å²) in [6.45, 7) is 2.24. The van der Waals surface area contributed by atoms with Gasteiger partial charge in [0.25, 0.3) is 0 Å². The van der Waals surface area contributed by atoms with Crippen LogP contribution in [0.2, 0.25) is 0 Å². The second kappa shape index (κ2) is 13.0. The van der Waals surface area contributed by atoms with Gasteiger partial charge in [-0.15, -0.1) is 0 Å². The smallest absolute Gasteiger partial charge is 0.339 e. The molecule has 0 heterocycles. The van der Waals surface area contributed by atoms with Gasteiger partial charge in [0, 0.05) is 5.69 Å². The maximum Gasteiger partial charge on any atom is 0.339 e. The SMILES string of the molecule is CCCCCCCCCCCC(S)C(=S)Nc1ccc(O)c(C(=O)O)c1. The number of hydrogen-bond acceptors (Lipinski definition) is 4. The lowest BCUT2D eigenvalue weighted by Gasteiger charge is -2.15. The Morgan fingerprint density at radius 1 is 1.12 bits per heavy atom. The molecule has 0 aromatic heterocycles. The van der Waals surface area contributed by atoms with Crippen LogP contribution in [-0.2, 0) is 0 Å². The van der Waals surface area contributed by atoms with Crippen LogP contribution in [0, 0.1) is 0 Å². The van der Waals surface area contributed by atoms with E-state index < -0.39 is 5.97 Å². The van der Waals surface area contributed by atoms with Crippen LogP contribution in [0.5, 0.6) is 5.75 Å². The minimum Gasteiger partial charge on any atom is -0.507 e. The number of benzene rings is 1. The number of carboxylic acid groups (broad SMARTS) is 1. The number of thiocarbonyl (C=S) groups is 1. The van der Waals surface area contributed by atoms with E-state index in [1.807, 2.05) is 0 Å². The monoisotopic (exact) mass is 397 g/mol. The maximum absolute atomic E-state index is 11.1. The Hall–Kier alpha value is -1.27. The van der Waals surface area contributed by atoms with Crippen LogP contribution < -0.4 is 5.32 Å². The van der Waals surface area contributed by atoms with Crippen molar-refractivity contribution >= 4 is 41.5 Å². The van der Waals surface area contributed by atoms with Gasteiger partial charge in [-0.1, -0.05) is 76.9 Å². The van der Waals surface area contributed by atoms with Crippen molar-refractivity contribution in [3.63, 3.8) is 0 Å². The molecule has 1 atom stereocenters. The minimum absolute atomic E-state index is 0.0587. The minimum atomic E-state index is -1.17. The van der Waals surface area contributed by atoms with Crippen molar-refractivity contribution in [2.45, 2.75) is 76.4 Å². The van der Waals surface area contributed by atoms with E-state index in [1.54, 1.807) is 6.07 Å². The molecule has 0 saturated carbocycles. The van der Waals surface area contributed by atoms with Crippen LogP contribution in [-0.4, -0.2) is 26.4 Å². The highest BCUT2D eigenvalue weighted by atomic mass is 32.1. The van der Waals surface area contributed by atoms with Gasteiger partial charge in [-0.2, -0.15) is 12.6 Å². The molecule has 1 rings (SSSR count). The van der Waals surface area contributed by atoms with Crippen molar-refractivity contribution in [2.24, 2.45) is 0 Å². The van der Waals surface area contributed by atoms with Gasteiger partial charge < -0.3 is 15.5 Å². The van der Waals surface area contributed by atoms with Gasteiger partial charge in [-0.3, -0.25) is 0 Å². The molecule has 0 amide bonds. The Morgan fingerprint density at radius 3 is 2.27 bits per heavy atom. The third kappa shape index (κ3) is 8.90. The lowest BCUT2D eigenvalue weighted by atomic mass is 10.1. The molecule has 0 fully saturated rings. The van der Waals surface area contributed by atoms with E-state index in [1.165, 1.54) is 63.5 Å². The predicted octanol–water partition coefficient (Wildman–Crippen LogP) is 6.05. The van der Waals surface area contributed by atoms with Crippen molar-refractivity contribution in [1.29, 1.82) is 0 Å². The molecule has 1 aromatic carbocycles. The standard InChI is InChI=1S/C20H31NO3S2/c1-2-3-4-5-6-7-8-9-10-11-18(25)19(26)21-15-12-13-17(22)16(14-15)20(23)24/h12-14,18,22,25H,2-11H2,1H3,(H,21,26)(H,23,24). The Kier molecular flexibility index (Phi) is 11.4. The van der Waals surface area contributed by atoms with Gasteiger partial charge in [-0.25, -0.2) is 4.79 Å². The molecule has 0 saturated heterocycles. The van der Waals surface area contributed by atoms with Crippen LogP contribution in [0.25, 0.3) is 0 Å². The first-order chi connectivity index (χ1) is 12.5. The summed E-state index contributed by atoms with van der Waals surface area (Å²) in [5.41, 5.74) is 0.406. The summed E-state index contributed by atoms with van der Waals surface area (Å²) in [5, 5.41) is 21.6. The highest BCUT2D eigenvalue weighted by Gasteiger charge is 2.13. The number of phenols is 1. The highest BCUT2D eigenvalue weighted by molar-refractivity contribution is 7.86. The lowest BCUT2D eigenvalue weighted by Crippen LogP contribution is -2.21. The zero-order chi connectivity index (χ0) is 19.4. The number of carbonyl (C=O) groups is 1. The third-order valence-corrected chi connectivity index (χ3v) is 5.46. The van der Waals surface area contributed by atoms with Gasteiger partial charge in [-0.05, 0) is 24.6 Å². The van der Waals surface area contributed by atoms with Crippen molar-refractivity contribution in [2.75, 3.05) is 5.32 Å². The first-order valence-electron chi connectivity index (χ1n) is 9.51. The Bertz CT molecular complexity index is 578. The van der Waals surface area contributed by atoms with E-state index in [-0.39, 0.29) is 16.6 Å². The maximum atomic E-state index is 11.1. The van der Waals surface area contributed by atoms with E-state index in [2.05, 4.69) is 24.9 Å². The van der Waals surface area contributed by atoms with E-state index in [0.29, 0.717) is 10.7 Å². The predicted molar refractivity (Wildman–Crippen MR) is 116 cm³/mol. The molecule has 4 nitrogen and oxygen atoms in total. The summed E-state index contributed by atoms with van der Waals surface area (Å²) in [7, 11) is 0. The number of aromatic hydroxyl groups is 1. The molecule has 0 aliphatic rings.